The first-order valence-electron chi connectivity index (χ1n) is 5.52. The molecule has 1 fully saturated rings. The summed E-state index contributed by atoms with van der Waals surface area (Å²) in [5.74, 6) is 0.404. The van der Waals surface area contributed by atoms with Crippen LogP contribution in [-0.4, -0.2) is 25.6 Å². The van der Waals surface area contributed by atoms with Crippen LogP contribution >= 0.6 is 0 Å². The van der Waals surface area contributed by atoms with Crippen molar-refractivity contribution >= 4 is 5.91 Å². The molecule has 0 bridgehead atoms. The molecule has 0 aromatic carbocycles. The van der Waals surface area contributed by atoms with Gasteiger partial charge in [-0.2, -0.15) is 0 Å². The van der Waals surface area contributed by atoms with Crippen LogP contribution in [0.2, 0.25) is 0 Å². The van der Waals surface area contributed by atoms with Gasteiger partial charge in [0.15, 0.2) is 5.76 Å². The van der Waals surface area contributed by atoms with Crippen molar-refractivity contribution in [3.8, 4) is 0 Å². The van der Waals surface area contributed by atoms with Gasteiger partial charge >= 0.3 is 5.91 Å². The highest BCUT2D eigenvalue weighted by atomic mass is 16.7. The predicted octanol–water partition coefficient (Wildman–Crippen LogP) is 0.941. The summed E-state index contributed by atoms with van der Waals surface area (Å²) >= 11 is 0. The molecule has 1 aromatic heterocycles. The Morgan fingerprint density at radius 1 is 1.69 bits per heavy atom. The minimum Gasteiger partial charge on any atom is -0.459 e. The highest BCUT2D eigenvalue weighted by molar-refractivity contribution is 5.90. The first-order valence-corrected chi connectivity index (χ1v) is 5.52. The van der Waals surface area contributed by atoms with E-state index in [1.165, 1.54) is 12.7 Å². The average molecular weight is 224 g/mol. The largest absolute Gasteiger partial charge is 0.459 e. The lowest BCUT2D eigenvalue weighted by Gasteiger charge is -2.21. The van der Waals surface area contributed by atoms with Crippen molar-refractivity contribution in [1.82, 2.24) is 10.8 Å². The van der Waals surface area contributed by atoms with Crippen LogP contribution in [0.3, 0.4) is 0 Å². The van der Waals surface area contributed by atoms with Crippen LogP contribution in [0.25, 0.3) is 0 Å². The SMILES string of the molecule is O=C(NOCC1CCCNC1)c1ccco1. The standard InChI is InChI=1S/C11H16N2O3/c14-11(10-4-2-6-15-10)13-16-8-9-3-1-5-12-7-9/h2,4,6,9,12H,1,3,5,7-8H2,(H,13,14). The molecule has 1 saturated heterocycles. The molecule has 1 aliphatic rings. The van der Waals surface area contributed by atoms with Gasteiger partial charge in [0.05, 0.1) is 12.9 Å². The zero-order chi connectivity index (χ0) is 11.2. The minimum atomic E-state index is -0.339. The Morgan fingerprint density at radius 2 is 2.62 bits per heavy atom. The van der Waals surface area contributed by atoms with Gasteiger partial charge in [-0.05, 0) is 37.4 Å². The van der Waals surface area contributed by atoms with Crippen molar-refractivity contribution in [2.24, 2.45) is 5.92 Å². The summed E-state index contributed by atoms with van der Waals surface area (Å²) in [7, 11) is 0. The van der Waals surface area contributed by atoms with Crippen molar-refractivity contribution in [2.45, 2.75) is 12.8 Å². The Bertz CT molecular complexity index is 318. The molecule has 88 valence electrons. The Balaban J connectivity index is 1.66. The number of piperidine rings is 1. The second-order valence-electron chi connectivity index (χ2n) is 3.93. The van der Waals surface area contributed by atoms with E-state index in [9.17, 15) is 4.79 Å². The highest BCUT2D eigenvalue weighted by Crippen LogP contribution is 2.09. The molecule has 0 aliphatic carbocycles. The number of hydroxylamine groups is 1. The van der Waals surface area contributed by atoms with Crippen molar-refractivity contribution in [2.75, 3.05) is 19.7 Å². The van der Waals surface area contributed by atoms with Gasteiger partial charge in [0.25, 0.3) is 0 Å². The highest BCUT2D eigenvalue weighted by Gasteiger charge is 2.14. The normalized spacial score (nSPS) is 20.6. The van der Waals surface area contributed by atoms with Crippen LogP contribution < -0.4 is 10.8 Å². The zero-order valence-electron chi connectivity index (χ0n) is 9.07. The predicted molar refractivity (Wildman–Crippen MR) is 57.7 cm³/mol. The van der Waals surface area contributed by atoms with E-state index in [4.69, 9.17) is 9.25 Å². The third-order valence-corrected chi connectivity index (χ3v) is 2.63. The lowest BCUT2D eigenvalue weighted by atomic mass is 10.0. The number of amides is 1. The molecule has 2 rings (SSSR count). The van der Waals surface area contributed by atoms with Gasteiger partial charge < -0.3 is 9.73 Å². The van der Waals surface area contributed by atoms with E-state index in [1.54, 1.807) is 12.1 Å². The third kappa shape index (κ3) is 3.08. The van der Waals surface area contributed by atoms with E-state index in [1.807, 2.05) is 0 Å². The molecular formula is C11H16N2O3. The van der Waals surface area contributed by atoms with Crippen LogP contribution in [0.1, 0.15) is 23.4 Å². The lowest BCUT2D eigenvalue weighted by Crippen LogP contribution is -2.35. The fourth-order valence-corrected chi connectivity index (χ4v) is 1.75. The maximum atomic E-state index is 11.4. The number of rotatable bonds is 4. The van der Waals surface area contributed by atoms with Crippen LogP contribution in [0, 0.1) is 5.92 Å². The molecule has 0 spiro atoms. The molecule has 1 amide bonds. The number of carbonyl (C=O) groups excluding carboxylic acids is 1. The molecule has 5 nitrogen and oxygen atoms in total. The summed E-state index contributed by atoms with van der Waals surface area (Å²) in [5.41, 5.74) is 2.37. The van der Waals surface area contributed by atoms with Crippen LogP contribution in [0.4, 0.5) is 0 Å². The maximum Gasteiger partial charge on any atom is 0.310 e. The number of hydrogen-bond donors (Lipinski definition) is 2. The van der Waals surface area contributed by atoms with E-state index in [0.717, 1.165) is 19.5 Å². The molecule has 0 saturated carbocycles. The van der Waals surface area contributed by atoms with Crippen LogP contribution in [-0.2, 0) is 4.84 Å². The van der Waals surface area contributed by atoms with Gasteiger partial charge in [0.1, 0.15) is 0 Å². The topological polar surface area (TPSA) is 63.5 Å². The average Bonchev–Trinajstić information content (AvgIpc) is 2.84. The number of furan rings is 1. The molecule has 1 aromatic rings. The van der Waals surface area contributed by atoms with Crippen molar-refractivity contribution in [3.63, 3.8) is 0 Å². The molecule has 2 heterocycles. The number of carbonyl (C=O) groups is 1. The van der Waals surface area contributed by atoms with Crippen LogP contribution in [0.15, 0.2) is 22.8 Å². The Hall–Kier alpha value is -1.33. The van der Waals surface area contributed by atoms with E-state index in [0.29, 0.717) is 12.5 Å². The van der Waals surface area contributed by atoms with E-state index in [-0.39, 0.29) is 11.7 Å². The van der Waals surface area contributed by atoms with Crippen molar-refractivity contribution in [1.29, 1.82) is 0 Å². The molecular weight excluding hydrogens is 208 g/mol. The van der Waals surface area contributed by atoms with E-state index in [2.05, 4.69) is 10.8 Å². The van der Waals surface area contributed by atoms with Crippen molar-refractivity contribution in [3.05, 3.63) is 24.2 Å². The van der Waals surface area contributed by atoms with Crippen LogP contribution in [0.5, 0.6) is 0 Å². The molecule has 2 N–H and O–H groups in total. The van der Waals surface area contributed by atoms with E-state index < -0.39 is 0 Å². The Morgan fingerprint density at radius 3 is 3.31 bits per heavy atom. The minimum absolute atomic E-state index is 0.266. The number of nitrogens with one attached hydrogen (secondary N) is 2. The van der Waals surface area contributed by atoms with Gasteiger partial charge in [0.2, 0.25) is 0 Å². The second kappa shape index (κ2) is 5.67. The number of hydrogen-bond acceptors (Lipinski definition) is 4. The molecule has 5 heteroatoms. The summed E-state index contributed by atoms with van der Waals surface area (Å²) in [6.07, 6.45) is 3.77. The molecule has 1 atom stereocenters. The first-order chi connectivity index (χ1) is 7.86. The Kier molecular flexibility index (Phi) is 3.96. The molecule has 16 heavy (non-hydrogen) atoms. The molecule has 1 aliphatic heterocycles. The zero-order valence-corrected chi connectivity index (χ0v) is 9.07. The summed E-state index contributed by atoms with van der Waals surface area (Å²) in [4.78, 5) is 16.6. The molecule has 0 radical (unpaired) electrons. The van der Waals surface area contributed by atoms with Gasteiger partial charge in [-0.1, -0.05) is 0 Å². The second-order valence-corrected chi connectivity index (χ2v) is 3.93. The van der Waals surface area contributed by atoms with Gasteiger partial charge in [-0.15, -0.1) is 0 Å². The fraction of sp³-hybridized carbons (Fsp3) is 0.545. The van der Waals surface area contributed by atoms with Crippen molar-refractivity contribution < 1.29 is 14.0 Å². The Labute approximate surface area is 94.1 Å². The quantitative estimate of drug-likeness (QED) is 0.747. The van der Waals surface area contributed by atoms with Gasteiger partial charge in [0, 0.05) is 6.54 Å². The van der Waals surface area contributed by atoms with Gasteiger partial charge in [-0.25, -0.2) is 5.48 Å². The maximum absolute atomic E-state index is 11.4. The summed E-state index contributed by atoms with van der Waals surface area (Å²) in [5, 5.41) is 3.29. The molecule has 1 unspecified atom stereocenters. The lowest BCUT2D eigenvalue weighted by molar-refractivity contribution is 0.0110. The van der Waals surface area contributed by atoms with E-state index >= 15 is 0 Å². The monoisotopic (exact) mass is 224 g/mol. The van der Waals surface area contributed by atoms with Gasteiger partial charge in [-0.3, -0.25) is 9.63 Å². The summed E-state index contributed by atoms with van der Waals surface area (Å²) in [6.45, 7) is 2.57. The smallest absolute Gasteiger partial charge is 0.310 e. The first kappa shape index (κ1) is 11.2. The summed E-state index contributed by atoms with van der Waals surface area (Å²) in [6, 6.07) is 3.26. The fourth-order valence-electron chi connectivity index (χ4n) is 1.75. The summed E-state index contributed by atoms with van der Waals surface area (Å²) < 4.78 is 4.93. The third-order valence-electron chi connectivity index (χ3n) is 2.63.